The second-order valence-electron chi connectivity index (χ2n) is 8.28. The lowest BCUT2D eigenvalue weighted by Crippen LogP contribution is -2.33. The molecule has 5 heteroatoms. The predicted molar refractivity (Wildman–Crippen MR) is 123 cm³/mol. The highest BCUT2D eigenvalue weighted by Gasteiger charge is 2.34. The summed E-state index contributed by atoms with van der Waals surface area (Å²) in [5, 5.41) is 3.50. The fourth-order valence-electron chi connectivity index (χ4n) is 4.56. The summed E-state index contributed by atoms with van der Waals surface area (Å²) in [6.07, 6.45) is 4.68. The number of carbonyl (C=O) groups is 2. The Morgan fingerprint density at radius 2 is 1.58 bits per heavy atom. The van der Waals surface area contributed by atoms with Gasteiger partial charge in [0.2, 0.25) is 0 Å². The summed E-state index contributed by atoms with van der Waals surface area (Å²) in [6.45, 7) is 0.731. The normalized spacial score (nSPS) is 15.9. The molecule has 1 aliphatic heterocycles. The van der Waals surface area contributed by atoms with Crippen LogP contribution in [0.25, 0.3) is 11.1 Å². The van der Waals surface area contributed by atoms with Crippen LogP contribution >= 0.6 is 11.6 Å². The maximum absolute atomic E-state index is 13.0. The number of rotatable bonds is 4. The SMILES string of the molecule is O=C(Nc1ccc(-c2ccc3c(c2)C(=O)N(C2CCCC2)C3)cc1)c1ccc(Cl)cc1. The molecule has 5 rings (SSSR count). The smallest absolute Gasteiger partial charge is 0.255 e. The second-order valence-corrected chi connectivity index (χ2v) is 8.72. The average molecular weight is 431 g/mol. The molecule has 1 aliphatic carbocycles. The zero-order valence-corrected chi connectivity index (χ0v) is 17.9. The molecule has 0 aromatic heterocycles. The minimum absolute atomic E-state index is 0.163. The summed E-state index contributed by atoms with van der Waals surface area (Å²) in [5.74, 6) is -0.0184. The maximum Gasteiger partial charge on any atom is 0.255 e. The Morgan fingerprint density at radius 3 is 2.29 bits per heavy atom. The van der Waals surface area contributed by atoms with E-state index in [9.17, 15) is 9.59 Å². The molecule has 0 radical (unpaired) electrons. The van der Waals surface area contributed by atoms with Crippen LogP contribution < -0.4 is 5.32 Å². The Bertz CT molecular complexity index is 1130. The number of halogens is 1. The molecule has 1 N–H and O–H groups in total. The van der Waals surface area contributed by atoms with Crippen LogP contribution in [-0.4, -0.2) is 22.8 Å². The van der Waals surface area contributed by atoms with Crippen molar-refractivity contribution in [2.45, 2.75) is 38.3 Å². The van der Waals surface area contributed by atoms with Crippen molar-refractivity contribution in [3.63, 3.8) is 0 Å². The standard InChI is InChI=1S/C26H23ClN2O2/c27-21-11-7-18(8-12-21)25(30)28-22-13-9-17(10-14-22)19-5-6-20-16-29(23-3-1-2-4-23)26(31)24(20)15-19/h5-15,23H,1-4,16H2,(H,28,30). The van der Waals surface area contributed by atoms with Gasteiger partial charge in [0, 0.05) is 34.4 Å². The van der Waals surface area contributed by atoms with Crippen molar-refractivity contribution < 1.29 is 9.59 Å². The lowest BCUT2D eigenvalue weighted by Gasteiger charge is -2.23. The number of hydrogen-bond acceptors (Lipinski definition) is 2. The molecule has 2 aliphatic rings. The van der Waals surface area contributed by atoms with Gasteiger partial charge in [-0.25, -0.2) is 0 Å². The molecule has 4 nitrogen and oxygen atoms in total. The molecule has 1 saturated carbocycles. The van der Waals surface area contributed by atoms with Crippen LogP contribution in [-0.2, 0) is 6.54 Å². The van der Waals surface area contributed by atoms with E-state index in [0.717, 1.165) is 41.6 Å². The number of benzene rings is 3. The monoisotopic (exact) mass is 430 g/mol. The van der Waals surface area contributed by atoms with E-state index in [1.54, 1.807) is 24.3 Å². The van der Waals surface area contributed by atoms with Crippen LogP contribution in [0.15, 0.2) is 66.7 Å². The molecule has 0 atom stereocenters. The molecular formula is C26H23ClN2O2. The first-order valence-electron chi connectivity index (χ1n) is 10.7. The van der Waals surface area contributed by atoms with E-state index < -0.39 is 0 Å². The van der Waals surface area contributed by atoms with Gasteiger partial charge in [-0.15, -0.1) is 0 Å². The number of anilines is 1. The molecule has 0 saturated heterocycles. The van der Waals surface area contributed by atoms with Crippen molar-refractivity contribution in [1.29, 1.82) is 0 Å². The first-order chi connectivity index (χ1) is 15.1. The van der Waals surface area contributed by atoms with Crippen molar-refractivity contribution in [2.75, 3.05) is 5.32 Å². The summed E-state index contributed by atoms with van der Waals surface area (Å²) in [4.78, 5) is 27.4. The van der Waals surface area contributed by atoms with Crippen molar-refractivity contribution in [3.05, 3.63) is 88.4 Å². The summed E-state index contributed by atoms with van der Waals surface area (Å²) in [7, 11) is 0. The molecule has 0 bridgehead atoms. The molecule has 1 fully saturated rings. The number of hydrogen-bond donors (Lipinski definition) is 1. The average Bonchev–Trinajstić information content (AvgIpc) is 3.43. The van der Waals surface area contributed by atoms with E-state index in [1.807, 2.05) is 30.3 Å². The van der Waals surface area contributed by atoms with Crippen molar-refractivity contribution >= 4 is 29.1 Å². The van der Waals surface area contributed by atoms with Gasteiger partial charge in [0.1, 0.15) is 0 Å². The number of amides is 2. The van der Waals surface area contributed by atoms with E-state index in [4.69, 9.17) is 11.6 Å². The molecule has 2 amide bonds. The van der Waals surface area contributed by atoms with Crippen LogP contribution in [0, 0.1) is 0 Å². The molecular weight excluding hydrogens is 408 g/mol. The van der Waals surface area contributed by atoms with Crippen molar-refractivity contribution in [3.8, 4) is 11.1 Å². The van der Waals surface area contributed by atoms with Gasteiger partial charge >= 0.3 is 0 Å². The van der Waals surface area contributed by atoms with Gasteiger partial charge in [0.25, 0.3) is 11.8 Å². The van der Waals surface area contributed by atoms with E-state index in [0.29, 0.717) is 22.3 Å². The molecule has 0 unspecified atom stereocenters. The third-order valence-corrected chi connectivity index (χ3v) is 6.54. The quantitative estimate of drug-likeness (QED) is 0.539. The van der Waals surface area contributed by atoms with Gasteiger partial charge in [-0.1, -0.05) is 48.7 Å². The van der Waals surface area contributed by atoms with Crippen molar-refractivity contribution in [2.24, 2.45) is 0 Å². The first kappa shape index (κ1) is 19.8. The second kappa shape index (κ2) is 8.20. The van der Waals surface area contributed by atoms with Crippen LogP contribution in [0.1, 0.15) is 52.0 Å². The topological polar surface area (TPSA) is 49.4 Å². The lowest BCUT2D eigenvalue weighted by atomic mass is 10.00. The fourth-order valence-corrected chi connectivity index (χ4v) is 4.69. The summed E-state index contributed by atoms with van der Waals surface area (Å²) >= 11 is 5.88. The van der Waals surface area contributed by atoms with E-state index in [1.165, 1.54) is 12.8 Å². The Balaban J connectivity index is 1.31. The van der Waals surface area contributed by atoms with E-state index >= 15 is 0 Å². The van der Waals surface area contributed by atoms with Gasteiger partial charge < -0.3 is 10.2 Å². The highest BCUT2D eigenvalue weighted by molar-refractivity contribution is 6.30. The van der Waals surface area contributed by atoms with E-state index in [2.05, 4.69) is 22.3 Å². The molecule has 0 spiro atoms. The first-order valence-corrected chi connectivity index (χ1v) is 11.1. The molecule has 1 heterocycles. The Hall–Kier alpha value is -3.11. The summed E-state index contributed by atoms with van der Waals surface area (Å²) < 4.78 is 0. The summed E-state index contributed by atoms with van der Waals surface area (Å²) in [5.41, 5.74) is 5.23. The Labute approximate surface area is 186 Å². The Kier molecular flexibility index (Phi) is 5.24. The predicted octanol–water partition coefficient (Wildman–Crippen LogP) is 6.16. The molecule has 31 heavy (non-hydrogen) atoms. The molecule has 156 valence electrons. The zero-order chi connectivity index (χ0) is 21.4. The number of fused-ring (bicyclic) bond motifs is 1. The van der Waals surface area contributed by atoms with Gasteiger partial charge in [0.15, 0.2) is 0 Å². The Morgan fingerprint density at radius 1 is 0.903 bits per heavy atom. The van der Waals surface area contributed by atoms with Gasteiger partial charge in [0.05, 0.1) is 0 Å². The van der Waals surface area contributed by atoms with Crippen LogP contribution in [0.5, 0.6) is 0 Å². The van der Waals surface area contributed by atoms with Crippen LogP contribution in [0.3, 0.4) is 0 Å². The molecule has 3 aromatic rings. The highest BCUT2D eigenvalue weighted by Crippen LogP contribution is 2.34. The number of carbonyl (C=O) groups excluding carboxylic acids is 2. The summed E-state index contributed by atoms with van der Waals surface area (Å²) in [6, 6.07) is 21.0. The maximum atomic E-state index is 13.0. The van der Waals surface area contributed by atoms with Gasteiger partial charge in [-0.05, 0) is 72.0 Å². The van der Waals surface area contributed by atoms with Crippen LogP contribution in [0.4, 0.5) is 5.69 Å². The highest BCUT2D eigenvalue weighted by atomic mass is 35.5. The van der Waals surface area contributed by atoms with E-state index in [-0.39, 0.29) is 11.8 Å². The lowest BCUT2D eigenvalue weighted by molar-refractivity contribution is 0.0707. The number of nitrogens with one attached hydrogen (secondary N) is 1. The zero-order valence-electron chi connectivity index (χ0n) is 17.1. The van der Waals surface area contributed by atoms with Crippen LogP contribution in [0.2, 0.25) is 5.02 Å². The largest absolute Gasteiger partial charge is 0.331 e. The van der Waals surface area contributed by atoms with Gasteiger partial charge in [-0.2, -0.15) is 0 Å². The molecule has 3 aromatic carbocycles. The fraction of sp³-hybridized carbons (Fsp3) is 0.231. The number of nitrogens with zero attached hydrogens (tertiary/aromatic N) is 1. The third-order valence-electron chi connectivity index (χ3n) is 6.29. The van der Waals surface area contributed by atoms with Gasteiger partial charge in [-0.3, -0.25) is 9.59 Å². The minimum atomic E-state index is -0.181. The third kappa shape index (κ3) is 3.96. The van der Waals surface area contributed by atoms with Crippen molar-refractivity contribution in [1.82, 2.24) is 4.90 Å². The minimum Gasteiger partial charge on any atom is -0.331 e.